The summed E-state index contributed by atoms with van der Waals surface area (Å²) in [6.07, 6.45) is 2.26. The summed E-state index contributed by atoms with van der Waals surface area (Å²) < 4.78 is 58.3. The Bertz CT molecular complexity index is 1180. The lowest BCUT2D eigenvalue weighted by atomic mass is 9.85. The second kappa shape index (κ2) is 7.15. The third-order valence-electron chi connectivity index (χ3n) is 6.67. The van der Waals surface area contributed by atoms with Gasteiger partial charge in [-0.05, 0) is 41.7 Å². The van der Waals surface area contributed by atoms with E-state index in [1.807, 2.05) is 0 Å². The second-order valence-corrected chi connectivity index (χ2v) is 8.84. The molecule has 1 aromatic heterocycles. The van der Waals surface area contributed by atoms with E-state index in [2.05, 4.69) is 5.10 Å². The summed E-state index contributed by atoms with van der Waals surface area (Å²) in [5.41, 5.74) is -4.06. The molecule has 1 atom stereocenters. The Morgan fingerprint density at radius 2 is 1.69 bits per heavy atom. The highest BCUT2D eigenvalue weighted by Gasteiger charge is 2.61. The topological polar surface area (TPSA) is 58.3 Å². The lowest BCUT2D eigenvalue weighted by Gasteiger charge is -2.31. The number of rotatable bonds is 3. The number of aliphatic hydroxyl groups is 2. The van der Waals surface area contributed by atoms with Crippen LogP contribution < -0.4 is 0 Å². The summed E-state index contributed by atoms with van der Waals surface area (Å²) in [7, 11) is 0. The molecule has 0 spiro atoms. The molecule has 2 N–H and O–H groups in total. The molecule has 5 rings (SSSR count). The van der Waals surface area contributed by atoms with Crippen LogP contribution in [0.25, 0.3) is 22.3 Å². The van der Waals surface area contributed by atoms with Crippen molar-refractivity contribution in [1.82, 2.24) is 9.78 Å². The van der Waals surface area contributed by atoms with Gasteiger partial charge in [-0.2, -0.15) is 18.3 Å². The molecule has 2 aromatic carbocycles. The van der Waals surface area contributed by atoms with Crippen molar-refractivity contribution < 1.29 is 27.8 Å². The Kier molecular flexibility index (Phi) is 4.73. The Balaban J connectivity index is 1.64. The normalized spacial score (nSPS) is 21.9. The van der Waals surface area contributed by atoms with Crippen molar-refractivity contribution in [3.8, 4) is 22.3 Å². The van der Waals surface area contributed by atoms with Crippen LogP contribution in [0.1, 0.15) is 43.2 Å². The molecule has 0 unspecified atom stereocenters. The van der Waals surface area contributed by atoms with Gasteiger partial charge in [0.1, 0.15) is 5.82 Å². The zero-order valence-electron chi connectivity index (χ0n) is 17.2. The third kappa shape index (κ3) is 3.16. The maximum absolute atomic E-state index is 14.6. The molecule has 8 heteroatoms. The van der Waals surface area contributed by atoms with E-state index >= 15 is 0 Å². The number of halogens is 4. The first kappa shape index (κ1) is 21.2. The third-order valence-corrected chi connectivity index (χ3v) is 6.67. The van der Waals surface area contributed by atoms with Gasteiger partial charge in [-0.3, -0.25) is 4.68 Å². The first-order valence-corrected chi connectivity index (χ1v) is 10.6. The van der Waals surface area contributed by atoms with Crippen molar-refractivity contribution in [3.63, 3.8) is 0 Å². The van der Waals surface area contributed by atoms with Gasteiger partial charge in [0.05, 0.1) is 18.3 Å². The Labute approximate surface area is 182 Å². The SMILES string of the molecule is OC1(Cn2cc(-c3cc(F)cc4c3-c3ccccc3[C@]4(O)C(F)(F)F)cn2)CCCCC1. The molecular weight excluding hydrogens is 424 g/mol. The molecule has 1 heterocycles. The van der Waals surface area contributed by atoms with E-state index in [-0.39, 0.29) is 28.8 Å². The average Bonchev–Trinajstić information content (AvgIpc) is 3.29. The van der Waals surface area contributed by atoms with Gasteiger partial charge < -0.3 is 10.2 Å². The molecule has 0 bridgehead atoms. The van der Waals surface area contributed by atoms with Crippen molar-refractivity contribution in [2.45, 2.75) is 56.0 Å². The first-order chi connectivity index (χ1) is 15.1. The highest BCUT2D eigenvalue weighted by molar-refractivity contribution is 5.92. The number of fused-ring (bicyclic) bond motifs is 3. The zero-order valence-corrected chi connectivity index (χ0v) is 17.2. The summed E-state index contributed by atoms with van der Waals surface area (Å²) in [6, 6.07) is 7.62. The molecule has 0 saturated heterocycles. The fourth-order valence-electron chi connectivity index (χ4n) is 5.14. The maximum Gasteiger partial charge on any atom is 0.425 e. The van der Waals surface area contributed by atoms with Crippen molar-refractivity contribution in [1.29, 1.82) is 0 Å². The van der Waals surface area contributed by atoms with Gasteiger partial charge in [-0.1, -0.05) is 43.5 Å². The minimum absolute atomic E-state index is 0.137. The van der Waals surface area contributed by atoms with Crippen LogP contribution in [-0.2, 0) is 12.1 Å². The highest BCUT2D eigenvalue weighted by atomic mass is 19.4. The minimum atomic E-state index is -5.03. The van der Waals surface area contributed by atoms with Crippen molar-refractivity contribution >= 4 is 0 Å². The number of hydrogen-bond donors (Lipinski definition) is 2. The lowest BCUT2D eigenvalue weighted by Crippen LogP contribution is -2.41. The molecular formula is C24H22F4N2O2. The number of nitrogens with zero attached hydrogens (tertiary/aromatic N) is 2. The molecule has 2 aliphatic rings. The van der Waals surface area contributed by atoms with E-state index in [1.54, 1.807) is 16.9 Å². The van der Waals surface area contributed by atoms with Crippen LogP contribution in [0, 0.1) is 5.82 Å². The van der Waals surface area contributed by atoms with Gasteiger partial charge in [0, 0.05) is 22.9 Å². The molecule has 2 aliphatic carbocycles. The zero-order chi connectivity index (χ0) is 22.7. The van der Waals surface area contributed by atoms with E-state index in [4.69, 9.17) is 0 Å². The molecule has 4 nitrogen and oxygen atoms in total. The lowest BCUT2D eigenvalue weighted by molar-refractivity contribution is -0.246. The van der Waals surface area contributed by atoms with Gasteiger partial charge in [0.2, 0.25) is 5.60 Å². The van der Waals surface area contributed by atoms with Crippen LogP contribution in [0.2, 0.25) is 0 Å². The Hall–Kier alpha value is -2.71. The summed E-state index contributed by atoms with van der Waals surface area (Å²) in [4.78, 5) is 0. The molecule has 1 saturated carbocycles. The Morgan fingerprint density at radius 3 is 2.41 bits per heavy atom. The quantitative estimate of drug-likeness (QED) is 0.547. The van der Waals surface area contributed by atoms with Crippen molar-refractivity contribution in [3.05, 3.63) is 65.7 Å². The largest absolute Gasteiger partial charge is 0.425 e. The predicted octanol–water partition coefficient (Wildman–Crippen LogP) is 5.16. The second-order valence-electron chi connectivity index (χ2n) is 8.84. The van der Waals surface area contributed by atoms with Crippen LogP contribution in [-0.4, -0.2) is 31.8 Å². The van der Waals surface area contributed by atoms with Crippen molar-refractivity contribution in [2.75, 3.05) is 0 Å². The van der Waals surface area contributed by atoms with Gasteiger partial charge in [-0.15, -0.1) is 0 Å². The van der Waals surface area contributed by atoms with E-state index in [0.29, 0.717) is 18.4 Å². The predicted molar refractivity (Wildman–Crippen MR) is 110 cm³/mol. The summed E-state index contributed by atoms with van der Waals surface area (Å²) in [5, 5.41) is 25.9. The molecule has 0 amide bonds. The average molecular weight is 446 g/mol. The molecule has 0 aliphatic heterocycles. The number of hydrogen-bond acceptors (Lipinski definition) is 3. The van der Waals surface area contributed by atoms with Gasteiger partial charge in [-0.25, -0.2) is 4.39 Å². The van der Waals surface area contributed by atoms with E-state index in [0.717, 1.165) is 31.4 Å². The molecule has 168 valence electrons. The van der Waals surface area contributed by atoms with E-state index < -0.39 is 28.8 Å². The van der Waals surface area contributed by atoms with Crippen LogP contribution in [0.15, 0.2) is 48.8 Å². The molecule has 32 heavy (non-hydrogen) atoms. The fourth-order valence-corrected chi connectivity index (χ4v) is 5.14. The Morgan fingerprint density at radius 1 is 0.969 bits per heavy atom. The summed E-state index contributed by atoms with van der Waals surface area (Å²) in [5.74, 6) is -0.882. The molecule has 3 aromatic rings. The summed E-state index contributed by atoms with van der Waals surface area (Å²) >= 11 is 0. The highest BCUT2D eigenvalue weighted by Crippen LogP contribution is 2.57. The smallest absolute Gasteiger partial charge is 0.388 e. The van der Waals surface area contributed by atoms with Gasteiger partial charge in [0.25, 0.3) is 0 Å². The standard InChI is InChI=1S/C24H22F4N2O2/c25-16-10-18(15-12-29-30(13-15)14-22(31)8-4-1-5-9-22)21-17-6-2-3-7-19(17)23(32,20(21)11-16)24(26,27)28/h2-3,6-7,10-13,31-32H,1,4-5,8-9,14H2/t23-/m1/s1. The fraction of sp³-hybridized carbons (Fsp3) is 0.375. The van der Waals surface area contributed by atoms with Crippen LogP contribution in [0.5, 0.6) is 0 Å². The number of benzene rings is 2. The van der Waals surface area contributed by atoms with E-state index in [9.17, 15) is 27.8 Å². The van der Waals surface area contributed by atoms with E-state index in [1.165, 1.54) is 24.4 Å². The van der Waals surface area contributed by atoms with Crippen LogP contribution in [0.4, 0.5) is 17.6 Å². The van der Waals surface area contributed by atoms with Crippen molar-refractivity contribution in [2.24, 2.45) is 0 Å². The monoisotopic (exact) mass is 446 g/mol. The number of alkyl halides is 3. The van der Waals surface area contributed by atoms with Crippen LogP contribution in [0.3, 0.4) is 0 Å². The molecule has 1 fully saturated rings. The van der Waals surface area contributed by atoms with Crippen LogP contribution >= 0.6 is 0 Å². The van der Waals surface area contributed by atoms with Gasteiger partial charge in [0.15, 0.2) is 0 Å². The number of aromatic nitrogens is 2. The molecule has 0 radical (unpaired) electrons. The summed E-state index contributed by atoms with van der Waals surface area (Å²) in [6.45, 7) is 0.258. The first-order valence-electron chi connectivity index (χ1n) is 10.6. The minimum Gasteiger partial charge on any atom is -0.388 e. The maximum atomic E-state index is 14.6. The van der Waals surface area contributed by atoms with Gasteiger partial charge >= 0.3 is 6.18 Å².